The van der Waals surface area contributed by atoms with Gasteiger partial charge in [0.1, 0.15) is 4.88 Å². The zero-order valence-corrected chi connectivity index (χ0v) is 11.0. The van der Waals surface area contributed by atoms with Crippen molar-refractivity contribution < 1.29 is 4.79 Å². The standard InChI is InChI=1S/C11H18N4OS/c1-3-8-10(17-15-14-8)11(16)13-9-5-4-6-12-7(9)2/h7,9,12H,3-6H2,1-2H3,(H,13,16). The highest BCUT2D eigenvalue weighted by Gasteiger charge is 2.24. The molecule has 6 heteroatoms. The molecular formula is C11H18N4OS. The van der Waals surface area contributed by atoms with Crippen molar-refractivity contribution in [1.82, 2.24) is 20.2 Å². The second kappa shape index (κ2) is 5.55. The van der Waals surface area contributed by atoms with E-state index in [1.165, 1.54) is 11.5 Å². The number of aromatic nitrogens is 2. The van der Waals surface area contributed by atoms with Gasteiger partial charge in [0.05, 0.1) is 5.69 Å². The van der Waals surface area contributed by atoms with Crippen LogP contribution in [0.1, 0.15) is 42.1 Å². The first kappa shape index (κ1) is 12.4. The molecule has 5 nitrogen and oxygen atoms in total. The third-order valence-electron chi connectivity index (χ3n) is 3.18. The second-order valence-electron chi connectivity index (χ2n) is 4.37. The number of hydrogen-bond donors (Lipinski definition) is 2. The predicted octanol–water partition coefficient (Wildman–Crippen LogP) is 0.971. The Morgan fingerprint density at radius 2 is 2.47 bits per heavy atom. The lowest BCUT2D eigenvalue weighted by atomic mass is 10.00. The summed E-state index contributed by atoms with van der Waals surface area (Å²) in [5.41, 5.74) is 0.795. The predicted molar refractivity (Wildman–Crippen MR) is 67.2 cm³/mol. The Labute approximate surface area is 105 Å². The summed E-state index contributed by atoms with van der Waals surface area (Å²) in [6, 6.07) is 0.543. The van der Waals surface area contributed by atoms with Crippen LogP contribution in [0.25, 0.3) is 0 Å². The zero-order chi connectivity index (χ0) is 12.3. The van der Waals surface area contributed by atoms with E-state index in [1.807, 2.05) is 6.92 Å². The van der Waals surface area contributed by atoms with E-state index in [0.717, 1.165) is 31.5 Å². The van der Waals surface area contributed by atoms with E-state index in [9.17, 15) is 4.79 Å². The maximum absolute atomic E-state index is 12.1. The first-order valence-corrected chi connectivity index (χ1v) is 6.85. The molecule has 1 saturated heterocycles. The summed E-state index contributed by atoms with van der Waals surface area (Å²) in [5, 5.41) is 10.4. The molecule has 0 radical (unpaired) electrons. The van der Waals surface area contributed by atoms with Crippen molar-refractivity contribution in [3.05, 3.63) is 10.6 Å². The minimum absolute atomic E-state index is 0.0302. The highest BCUT2D eigenvalue weighted by Crippen LogP contribution is 2.14. The van der Waals surface area contributed by atoms with Crippen molar-refractivity contribution in [2.24, 2.45) is 0 Å². The number of aryl methyl sites for hydroxylation is 1. The van der Waals surface area contributed by atoms with Gasteiger partial charge in [0.25, 0.3) is 5.91 Å². The number of amides is 1. The number of carbonyl (C=O) groups excluding carboxylic acids is 1. The quantitative estimate of drug-likeness (QED) is 0.843. The molecule has 1 aliphatic heterocycles. The number of hydrogen-bond acceptors (Lipinski definition) is 5. The van der Waals surface area contributed by atoms with E-state index < -0.39 is 0 Å². The van der Waals surface area contributed by atoms with Gasteiger partial charge >= 0.3 is 0 Å². The maximum atomic E-state index is 12.1. The van der Waals surface area contributed by atoms with E-state index in [0.29, 0.717) is 10.9 Å². The van der Waals surface area contributed by atoms with Crippen molar-refractivity contribution in [1.29, 1.82) is 0 Å². The Bertz CT molecular complexity index is 393. The SMILES string of the molecule is CCc1nnsc1C(=O)NC1CCCNC1C. The summed E-state index contributed by atoms with van der Waals surface area (Å²) in [6.07, 6.45) is 2.89. The van der Waals surface area contributed by atoms with Crippen molar-refractivity contribution in [3.8, 4) is 0 Å². The zero-order valence-electron chi connectivity index (χ0n) is 10.2. The Balaban J connectivity index is 2.01. The molecule has 0 aliphatic carbocycles. The normalized spacial score (nSPS) is 24.6. The van der Waals surface area contributed by atoms with Gasteiger partial charge in [0.2, 0.25) is 0 Å². The molecular weight excluding hydrogens is 236 g/mol. The molecule has 1 aromatic rings. The average molecular weight is 254 g/mol. The first-order valence-electron chi connectivity index (χ1n) is 6.07. The Morgan fingerprint density at radius 3 is 3.18 bits per heavy atom. The molecule has 17 heavy (non-hydrogen) atoms. The Hall–Kier alpha value is -1.01. The van der Waals surface area contributed by atoms with Gasteiger partial charge < -0.3 is 10.6 Å². The smallest absolute Gasteiger partial charge is 0.265 e. The molecule has 0 bridgehead atoms. The molecule has 1 fully saturated rings. The molecule has 94 valence electrons. The maximum Gasteiger partial charge on any atom is 0.265 e. The topological polar surface area (TPSA) is 66.9 Å². The van der Waals surface area contributed by atoms with Gasteiger partial charge in [-0.1, -0.05) is 11.4 Å². The average Bonchev–Trinajstić information content (AvgIpc) is 2.80. The van der Waals surface area contributed by atoms with Crippen molar-refractivity contribution in [2.45, 2.75) is 45.2 Å². The first-order chi connectivity index (χ1) is 8.22. The lowest BCUT2D eigenvalue weighted by Crippen LogP contribution is -2.51. The lowest BCUT2D eigenvalue weighted by molar-refractivity contribution is 0.0923. The molecule has 2 atom stereocenters. The summed E-state index contributed by atoms with van der Waals surface area (Å²) in [7, 11) is 0. The van der Waals surface area contributed by atoms with Gasteiger partial charge in [0.15, 0.2) is 0 Å². The second-order valence-corrected chi connectivity index (χ2v) is 5.12. The van der Waals surface area contributed by atoms with Crippen molar-refractivity contribution >= 4 is 17.4 Å². The van der Waals surface area contributed by atoms with Crippen LogP contribution in [0, 0.1) is 0 Å². The minimum atomic E-state index is -0.0302. The largest absolute Gasteiger partial charge is 0.347 e. The fourth-order valence-electron chi connectivity index (χ4n) is 2.09. The Morgan fingerprint density at radius 1 is 1.65 bits per heavy atom. The van der Waals surface area contributed by atoms with Crippen molar-refractivity contribution in [2.75, 3.05) is 6.54 Å². The van der Waals surface area contributed by atoms with Gasteiger partial charge in [-0.15, -0.1) is 5.10 Å². The fraction of sp³-hybridized carbons (Fsp3) is 0.727. The molecule has 1 aliphatic rings. The van der Waals surface area contributed by atoms with Crippen LogP contribution in [0.5, 0.6) is 0 Å². The minimum Gasteiger partial charge on any atom is -0.347 e. The van der Waals surface area contributed by atoms with Crippen LogP contribution >= 0.6 is 11.5 Å². The van der Waals surface area contributed by atoms with Crippen LogP contribution in [0.3, 0.4) is 0 Å². The van der Waals surface area contributed by atoms with Crippen LogP contribution in [0.2, 0.25) is 0 Å². The van der Waals surface area contributed by atoms with E-state index in [1.54, 1.807) is 0 Å². The molecule has 2 rings (SSSR count). The number of nitrogens with zero attached hydrogens (tertiary/aromatic N) is 2. The molecule has 1 aromatic heterocycles. The van der Waals surface area contributed by atoms with Gasteiger partial charge in [-0.3, -0.25) is 4.79 Å². The summed E-state index contributed by atoms with van der Waals surface area (Å²) >= 11 is 1.18. The highest BCUT2D eigenvalue weighted by molar-refractivity contribution is 7.08. The highest BCUT2D eigenvalue weighted by atomic mass is 32.1. The molecule has 0 saturated carbocycles. The fourth-order valence-corrected chi connectivity index (χ4v) is 2.74. The van der Waals surface area contributed by atoms with E-state index in [2.05, 4.69) is 27.1 Å². The molecule has 2 heterocycles. The van der Waals surface area contributed by atoms with Crippen LogP contribution in [0.15, 0.2) is 0 Å². The van der Waals surface area contributed by atoms with Crippen LogP contribution in [0.4, 0.5) is 0 Å². The number of carbonyl (C=O) groups is 1. The number of piperidine rings is 1. The lowest BCUT2D eigenvalue weighted by Gasteiger charge is -2.30. The summed E-state index contributed by atoms with van der Waals surface area (Å²) < 4.78 is 3.84. The van der Waals surface area contributed by atoms with E-state index in [4.69, 9.17) is 0 Å². The van der Waals surface area contributed by atoms with Gasteiger partial charge in [0, 0.05) is 12.1 Å². The summed E-state index contributed by atoms with van der Waals surface area (Å²) in [5.74, 6) is -0.0302. The van der Waals surface area contributed by atoms with Crippen LogP contribution in [-0.2, 0) is 6.42 Å². The number of nitrogens with one attached hydrogen (secondary N) is 2. The summed E-state index contributed by atoms with van der Waals surface area (Å²) in [4.78, 5) is 12.7. The third-order valence-corrected chi connectivity index (χ3v) is 3.94. The monoisotopic (exact) mass is 254 g/mol. The van der Waals surface area contributed by atoms with Gasteiger partial charge in [-0.05, 0) is 44.3 Å². The molecule has 1 amide bonds. The van der Waals surface area contributed by atoms with E-state index >= 15 is 0 Å². The van der Waals surface area contributed by atoms with E-state index in [-0.39, 0.29) is 11.9 Å². The Kier molecular flexibility index (Phi) is 4.06. The molecule has 2 N–H and O–H groups in total. The summed E-state index contributed by atoms with van der Waals surface area (Å²) in [6.45, 7) is 5.13. The number of rotatable bonds is 3. The molecule has 2 unspecified atom stereocenters. The van der Waals surface area contributed by atoms with Gasteiger partial charge in [-0.2, -0.15) is 0 Å². The molecule has 0 aromatic carbocycles. The van der Waals surface area contributed by atoms with Gasteiger partial charge in [-0.25, -0.2) is 0 Å². The third kappa shape index (κ3) is 2.81. The van der Waals surface area contributed by atoms with Crippen LogP contribution in [-0.4, -0.2) is 34.1 Å². The molecule has 0 spiro atoms. The van der Waals surface area contributed by atoms with Crippen molar-refractivity contribution in [3.63, 3.8) is 0 Å². The van der Waals surface area contributed by atoms with Crippen LogP contribution < -0.4 is 10.6 Å².